The van der Waals surface area contributed by atoms with Crippen LogP contribution < -0.4 is 11.2 Å². The number of rotatable bonds is 5. The lowest BCUT2D eigenvalue weighted by molar-refractivity contribution is -0.387. The monoisotopic (exact) mass is 257 g/mol. The van der Waals surface area contributed by atoms with E-state index in [-0.39, 0.29) is 5.56 Å². The van der Waals surface area contributed by atoms with E-state index in [4.69, 9.17) is 5.73 Å². The van der Waals surface area contributed by atoms with Gasteiger partial charge in [-0.3, -0.25) is 24.5 Å². The van der Waals surface area contributed by atoms with Crippen LogP contribution in [0.1, 0.15) is 10.4 Å². The molecule has 0 aliphatic heterocycles. The summed E-state index contributed by atoms with van der Waals surface area (Å²) in [6.07, 6.45) is 0. The minimum atomic E-state index is -1.06. The van der Waals surface area contributed by atoms with E-state index >= 15 is 0 Å². The lowest BCUT2D eigenvalue weighted by atomic mass is 10.2. The molecule has 18 heavy (non-hydrogen) atoms. The number of benzene rings is 1. The smallest absolute Gasteiger partial charge is 0.305 e. The molecule has 0 aliphatic carbocycles. The largest absolute Gasteiger partial charge is 0.368 e. The fourth-order valence-electron chi connectivity index (χ4n) is 1.03. The Morgan fingerprint density at radius 2 is 2.17 bits per heavy atom. The maximum atomic E-state index is 13.0. The summed E-state index contributed by atoms with van der Waals surface area (Å²) in [6, 6.07) is 2.56. The van der Waals surface area contributed by atoms with Crippen molar-refractivity contribution in [3.63, 3.8) is 0 Å². The van der Waals surface area contributed by atoms with Gasteiger partial charge in [0.15, 0.2) is 6.61 Å². The molecule has 0 heterocycles. The maximum absolute atomic E-state index is 13.0. The summed E-state index contributed by atoms with van der Waals surface area (Å²) in [4.78, 5) is 35.6. The van der Waals surface area contributed by atoms with Crippen LogP contribution in [-0.4, -0.2) is 23.3 Å². The zero-order valence-corrected chi connectivity index (χ0v) is 8.88. The van der Waals surface area contributed by atoms with Crippen molar-refractivity contribution in [3.05, 3.63) is 39.7 Å². The summed E-state index contributed by atoms with van der Waals surface area (Å²) < 4.78 is 13.0. The van der Waals surface area contributed by atoms with E-state index in [0.717, 1.165) is 18.2 Å². The molecule has 0 aliphatic rings. The fourth-order valence-corrected chi connectivity index (χ4v) is 1.03. The number of hydrogen-bond donors (Lipinski definition) is 2. The Kier molecular flexibility index (Phi) is 4.27. The van der Waals surface area contributed by atoms with Crippen molar-refractivity contribution in [1.29, 1.82) is 0 Å². The van der Waals surface area contributed by atoms with Crippen LogP contribution in [0.3, 0.4) is 0 Å². The lowest BCUT2D eigenvalue weighted by Crippen LogP contribution is -2.29. The summed E-state index contributed by atoms with van der Waals surface area (Å²) in [7, 11) is 0. The minimum absolute atomic E-state index is 0.187. The Morgan fingerprint density at radius 1 is 1.50 bits per heavy atom. The molecule has 0 atom stereocenters. The first-order valence-corrected chi connectivity index (χ1v) is 4.56. The van der Waals surface area contributed by atoms with Gasteiger partial charge < -0.3 is 5.73 Å². The van der Waals surface area contributed by atoms with Gasteiger partial charge in [-0.2, -0.15) is 4.39 Å². The molecule has 0 unspecified atom stereocenters. The maximum Gasteiger partial charge on any atom is 0.305 e. The third-order valence-electron chi connectivity index (χ3n) is 1.78. The number of nitrogens with two attached hydrogens (primary N) is 1. The molecule has 96 valence electrons. The van der Waals surface area contributed by atoms with Crippen LogP contribution in [0.5, 0.6) is 0 Å². The first kappa shape index (κ1) is 13.5. The average Bonchev–Trinajstić information content (AvgIpc) is 2.28. The Hall–Kier alpha value is -2.55. The van der Waals surface area contributed by atoms with Crippen LogP contribution in [0.4, 0.5) is 10.1 Å². The van der Waals surface area contributed by atoms with Gasteiger partial charge in [0.2, 0.25) is 11.7 Å². The second-order valence-electron chi connectivity index (χ2n) is 3.11. The highest BCUT2D eigenvalue weighted by Gasteiger charge is 2.17. The third kappa shape index (κ3) is 3.49. The molecule has 8 nitrogen and oxygen atoms in total. The predicted octanol–water partition coefficient (Wildman–Crippen LogP) is -0.119. The Morgan fingerprint density at radius 3 is 2.72 bits per heavy atom. The third-order valence-corrected chi connectivity index (χ3v) is 1.78. The van der Waals surface area contributed by atoms with E-state index in [2.05, 4.69) is 4.84 Å². The van der Waals surface area contributed by atoms with Crippen molar-refractivity contribution in [2.45, 2.75) is 0 Å². The molecule has 0 aromatic heterocycles. The number of halogens is 1. The number of carbonyl (C=O) groups is 2. The van der Waals surface area contributed by atoms with Gasteiger partial charge in [-0.05, 0) is 12.1 Å². The second kappa shape index (κ2) is 5.68. The van der Waals surface area contributed by atoms with E-state index in [9.17, 15) is 24.1 Å². The molecule has 1 aromatic carbocycles. The summed E-state index contributed by atoms with van der Waals surface area (Å²) >= 11 is 0. The Balaban J connectivity index is 2.77. The van der Waals surface area contributed by atoms with Crippen LogP contribution in [0.25, 0.3) is 0 Å². The number of nitrogens with zero attached hydrogens (tertiary/aromatic N) is 1. The molecule has 0 fully saturated rings. The molecule has 2 amide bonds. The summed E-state index contributed by atoms with van der Waals surface area (Å²) in [6.45, 7) is -0.547. The van der Waals surface area contributed by atoms with Crippen LogP contribution in [0.15, 0.2) is 18.2 Å². The van der Waals surface area contributed by atoms with E-state index in [0.29, 0.717) is 0 Å². The molecular formula is C9H8FN3O5. The van der Waals surface area contributed by atoms with Crippen LogP contribution in [0, 0.1) is 15.9 Å². The van der Waals surface area contributed by atoms with Crippen molar-refractivity contribution in [1.82, 2.24) is 5.48 Å². The zero-order valence-electron chi connectivity index (χ0n) is 8.88. The topological polar surface area (TPSA) is 125 Å². The summed E-state index contributed by atoms with van der Waals surface area (Å²) in [5.41, 5.74) is 5.55. The van der Waals surface area contributed by atoms with Crippen molar-refractivity contribution in [2.75, 3.05) is 6.61 Å². The van der Waals surface area contributed by atoms with E-state index in [1.807, 2.05) is 5.48 Å². The molecular weight excluding hydrogens is 249 g/mol. The molecule has 0 radical (unpaired) electrons. The van der Waals surface area contributed by atoms with E-state index in [1.54, 1.807) is 0 Å². The zero-order chi connectivity index (χ0) is 13.7. The number of hydroxylamine groups is 1. The highest BCUT2D eigenvalue weighted by Crippen LogP contribution is 2.18. The number of nitro groups is 1. The van der Waals surface area contributed by atoms with E-state index < -0.39 is 34.8 Å². The molecule has 0 saturated heterocycles. The molecule has 3 N–H and O–H groups in total. The fraction of sp³-hybridized carbons (Fsp3) is 0.111. The Bertz CT molecular complexity index is 505. The molecule has 1 rings (SSSR count). The van der Waals surface area contributed by atoms with Gasteiger partial charge in [-0.1, -0.05) is 0 Å². The lowest BCUT2D eigenvalue weighted by Gasteiger charge is -2.04. The second-order valence-corrected chi connectivity index (χ2v) is 3.11. The predicted molar refractivity (Wildman–Crippen MR) is 55.7 cm³/mol. The van der Waals surface area contributed by atoms with Gasteiger partial charge in [0.1, 0.15) is 0 Å². The molecule has 0 saturated carbocycles. The molecule has 0 bridgehead atoms. The number of primary amides is 1. The normalized spacial score (nSPS) is 9.83. The quantitative estimate of drug-likeness (QED) is 0.562. The van der Waals surface area contributed by atoms with Crippen molar-refractivity contribution in [2.24, 2.45) is 5.73 Å². The SMILES string of the molecule is NC(=O)CONC(=O)c1ccc(F)c([N+](=O)[O-])c1. The highest BCUT2D eigenvalue weighted by molar-refractivity contribution is 5.94. The van der Waals surface area contributed by atoms with Crippen molar-refractivity contribution in [3.8, 4) is 0 Å². The van der Waals surface area contributed by atoms with Crippen LogP contribution in [-0.2, 0) is 9.63 Å². The number of carbonyl (C=O) groups excluding carboxylic acids is 2. The van der Waals surface area contributed by atoms with Crippen LogP contribution in [0.2, 0.25) is 0 Å². The first-order valence-electron chi connectivity index (χ1n) is 4.56. The summed E-state index contributed by atoms with van der Waals surface area (Å²) in [5.74, 6) is -2.73. The molecule has 1 aromatic rings. The van der Waals surface area contributed by atoms with Crippen molar-refractivity contribution >= 4 is 17.5 Å². The number of amides is 2. The van der Waals surface area contributed by atoms with Gasteiger partial charge >= 0.3 is 5.69 Å². The van der Waals surface area contributed by atoms with Gasteiger partial charge in [0.25, 0.3) is 5.91 Å². The van der Waals surface area contributed by atoms with Crippen molar-refractivity contribution < 1.29 is 23.7 Å². The van der Waals surface area contributed by atoms with Gasteiger partial charge in [0.05, 0.1) is 4.92 Å². The van der Waals surface area contributed by atoms with Gasteiger partial charge in [0, 0.05) is 11.6 Å². The first-order chi connectivity index (χ1) is 8.41. The number of nitrogens with one attached hydrogen (secondary N) is 1. The standard InChI is InChI=1S/C9H8FN3O5/c10-6-2-1-5(3-7(6)13(16)17)9(15)12-18-4-8(11)14/h1-3H,4H2,(H2,11,14)(H,12,15). The van der Waals surface area contributed by atoms with Gasteiger partial charge in [-0.25, -0.2) is 5.48 Å². The van der Waals surface area contributed by atoms with Crippen LogP contribution >= 0.6 is 0 Å². The van der Waals surface area contributed by atoms with Gasteiger partial charge in [-0.15, -0.1) is 0 Å². The number of hydrogen-bond acceptors (Lipinski definition) is 5. The Labute approximate surface area is 99.6 Å². The summed E-state index contributed by atoms with van der Waals surface area (Å²) in [5, 5.41) is 10.4. The number of nitro benzene ring substituents is 1. The molecule has 0 spiro atoms. The van der Waals surface area contributed by atoms with E-state index in [1.165, 1.54) is 0 Å². The average molecular weight is 257 g/mol. The molecule has 9 heteroatoms. The minimum Gasteiger partial charge on any atom is -0.368 e. The highest BCUT2D eigenvalue weighted by atomic mass is 19.1.